The quantitative estimate of drug-likeness (QED) is 0.852. The summed E-state index contributed by atoms with van der Waals surface area (Å²) < 4.78 is 1.15. The van der Waals surface area contributed by atoms with E-state index >= 15 is 0 Å². The number of nitrogens with zero attached hydrogens (tertiary/aromatic N) is 2. The van der Waals surface area contributed by atoms with Crippen LogP contribution in [0.15, 0.2) is 28.7 Å². The van der Waals surface area contributed by atoms with Crippen molar-refractivity contribution in [2.75, 3.05) is 7.05 Å². The Morgan fingerprint density at radius 2 is 2.18 bits per heavy atom. The molecule has 2 nitrogen and oxygen atoms in total. The molecule has 0 aliphatic heterocycles. The van der Waals surface area contributed by atoms with Crippen molar-refractivity contribution in [2.24, 2.45) is 5.92 Å². The molecule has 0 heterocycles. The molecule has 1 fully saturated rings. The van der Waals surface area contributed by atoms with Crippen LogP contribution in [0.2, 0.25) is 0 Å². The molecule has 0 aromatic heterocycles. The summed E-state index contributed by atoms with van der Waals surface area (Å²) in [5, 5.41) is 9.12. The second kappa shape index (κ2) is 5.66. The predicted octanol–water partition coefficient (Wildman–Crippen LogP) is 3.57. The van der Waals surface area contributed by atoms with Gasteiger partial charge in [-0.2, -0.15) is 5.26 Å². The van der Waals surface area contributed by atoms with Crippen molar-refractivity contribution in [2.45, 2.75) is 31.8 Å². The van der Waals surface area contributed by atoms with E-state index in [9.17, 15) is 0 Å². The molecule has 0 N–H and O–H groups in total. The van der Waals surface area contributed by atoms with E-state index in [2.05, 4.69) is 52.1 Å². The highest BCUT2D eigenvalue weighted by Gasteiger charge is 2.30. The van der Waals surface area contributed by atoms with Gasteiger partial charge in [-0.25, -0.2) is 0 Å². The van der Waals surface area contributed by atoms with Gasteiger partial charge in [0.15, 0.2) is 0 Å². The standard InChI is InChI=1S/C14H17BrN2/c1-17(14-8-4-6-11(14)9-16)10-12-5-2-3-7-13(12)15/h2-3,5,7,11,14H,4,6,8,10H2,1H3. The lowest BCUT2D eigenvalue weighted by atomic mass is 10.0. The van der Waals surface area contributed by atoms with Crippen LogP contribution in [0.3, 0.4) is 0 Å². The van der Waals surface area contributed by atoms with E-state index in [4.69, 9.17) is 5.26 Å². The van der Waals surface area contributed by atoms with E-state index in [1.54, 1.807) is 0 Å². The third-order valence-corrected chi connectivity index (χ3v) is 4.36. The van der Waals surface area contributed by atoms with Crippen LogP contribution >= 0.6 is 15.9 Å². The molecule has 90 valence electrons. The molecule has 3 heteroatoms. The van der Waals surface area contributed by atoms with Crippen LogP contribution in [0.5, 0.6) is 0 Å². The average molecular weight is 293 g/mol. The summed E-state index contributed by atoms with van der Waals surface area (Å²) in [5.74, 6) is 0.211. The number of hydrogen-bond donors (Lipinski definition) is 0. The van der Waals surface area contributed by atoms with Gasteiger partial charge in [0.05, 0.1) is 12.0 Å². The lowest BCUT2D eigenvalue weighted by Gasteiger charge is -2.26. The Bertz CT molecular complexity index is 424. The summed E-state index contributed by atoms with van der Waals surface area (Å²) >= 11 is 3.57. The maximum absolute atomic E-state index is 9.12. The first kappa shape index (κ1) is 12.6. The Hall–Kier alpha value is -0.850. The fourth-order valence-corrected chi connectivity index (χ4v) is 3.04. The van der Waals surface area contributed by atoms with Crippen molar-refractivity contribution in [1.29, 1.82) is 5.26 Å². The highest BCUT2D eigenvalue weighted by molar-refractivity contribution is 9.10. The van der Waals surface area contributed by atoms with E-state index in [0.29, 0.717) is 6.04 Å². The summed E-state index contributed by atoms with van der Waals surface area (Å²) in [7, 11) is 2.12. The Labute approximate surface area is 111 Å². The molecule has 0 bridgehead atoms. The summed E-state index contributed by atoms with van der Waals surface area (Å²) in [4.78, 5) is 2.32. The topological polar surface area (TPSA) is 27.0 Å². The monoisotopic (exact) mass is 292 g/mol. The molecular weight excluding hydrogens is 276 g/mol. The van der Waals surface area contributed by atoms with Gasteiger partial charge in [0.2, 0.25) is 0 Å². The molecule has 2 unspecified atom stereocenters. The maximum Gasteiger partial charge on any atom is 0.0672 e. The van der Waals surface area contributed by atoms with Crippen molar-refractivity contribution in [1.82, 2.24) is 4.90 Å². The molecule has 2 rings (SSSR count). The van der Waals surface area contributed by atoms with Gasteiger partial charge < -0.3 is 0 Å². The molecule has 2 atom stereocenters. The zero-order valence-corrected chi connectivity index (χ0v) is 11.7. The van der Waals surface area contributed by atoms with Crippen LogP contribution in [0.25, 0.3) is 0 Å². The lowest BCUT2D eigenvalue weighted by Crippen LogP contribution is -2.33. The number of rotatable bonds is 3. The first-order valence-electron chi connectivity index (χ1n) is 6.05. The smallest absolute Gasteiger partial charge is 0.0672 e. The fourth-order valence-electron chi connectivity index (χ4n) is 2.63. The number of halogens is 1. The molecule has 1 aliphatic rings. The SMILES string of the molecule is CN(Cc1ccccc1Br)C1CCCC1C#N. The van der Waals surface area contributed by atoms with E-state index in [0.717, 1.165) is 23.9 Å². The first-order valence-corrected chi connectivity index (χ1v) is 6.85. The van der Waals surface area contributed by atoms with Gasteiger partial charge >= 0.3 is 0 Å². The van der Waals surface area contributed by atoms with Gasteiger partial charge in [0, 0.05) is 17.1 Å². The third-order valence-electron chi connectivity index (χ3n) is 3.59. The van der Waals surface area contributed by atoms with E-state index < -0.39 is 0 Å². The van der Waals surface area contributed by atoms with Gasteiger partial charge in [-0.15, -0.1) is 0 Å². The minimum Gasteiger partial charge on any atom is -0.298 e. The van der Waals surface area contributed by atoms with E-state index in [1.807, 2.05) is 6.07 Å². The van der Waals surface area contributed by atoms with Gasteiger partial charge in [-0.1, -0.05) is 40.5 Å². The van der Waals surface area contributed by atoms with Crippen LogP contribution in [0.4, 0.5) is 0 Å². The summed E-state index contributed by atoms with van der Waals surface area (Å²) in [6, 6.07) is 11.2. The fraction of sp³-hybridized carbons (Fsp3) is 0.500. The van der Waals surface area contributed by atoms with Gasteiger partial charge in [0.1, 0.15) is 0 Å². The minimum absolute atomic E-state index is 0.211. The van der Waals surface area contributed by atoms with Crippen LogP contribution in [-0.4, -0.2) is 18.0 Å². The van der Waals surface area contributed by atoms with Crippen molar-refractivity contribution in [3.05, 3.63) is 34.3 Å². The third kappa shape index (κ3) is 2.88. The van der Waals surface area contributed by atoms with E-state index in [1.165, 1.54) is 12.0 Å². The Morgan fingerprint density at radius 3 is 2.88 bits per heavy atom. The molecular formula is C14H17BrN2. The molecule has 0 saturated heterocycles. The highest BCUT2D eigenvalue weighted by atomic mass is 79.9. The summed E-state index contributed by atoms with van der Waals surface area (Å²) in [6.07, 6.45) is 3.39. The maximum atomic E-state index is 9.12. The normalized spacial score (nSPS) is 23.9. The highest BCUT2D eigenvalue weighted by Crippen LogP contribution is 2.30. The van der Waals surface area contributed by atoms with Crippen LogP contribution in [-0.2, 0) is 6.54 Å². The first-order chi connectivity index (χ1) is 8.22. The van der Waals surface area contributed by atoms with Crippen LogP contribution < -0.4 is 0 Å². The molecule has 1 aromatic rings. The molecule has 1 aliphatic carbocycles. The molecule has 1 saturated carbocycles. The lowest BCUT2D eigenvalue weighted by molar-refractivity contribution is 0.212. The van der Waals surface area contributed by atoms with E-state index in [-0.39, 0.29) is 5.92 Å². The largest absolute Gasteiger partial charge is 0.298 e. The predicted molar refractivity (Wildman–Crippen MR) is 72.4 cm³/mol. The second-order valence-electron chi connectivity index (χ2n) is 4.74. The summed E-state index contributed by atoms with van der Waals surface area (Å²) in [5.41, 5.74) is 1.29. The van der Waals surface area contributed by atoms with Crippen molar-refractivity contribution in [3.8, 4) is 6.07 Å². The van der Waals surface area contributed by atoms with Crippen molar-refractivity contribution >= 4 is 15.9 Å². The van der Waals surface area contributed by atoms with Crippen molar-refractivity contribution in [3.63, 3.8) is 0 Å². The second-order valence-corrected chi connectivity index (χ2v) is 5.59. The van der Waals surface area contributed by atoms with Gasteiger partial charge in [-0.3, -0.25) is 4.90 Å². The molecule has 0 amide bonds. The zero-order chi connectivity index (χ0) is 12.3. The molecule has 17 heavy (non-hydrogen) atoms. The number of benzene rings is 1. The molecule has 1 aromatic carbocycles. The summed E-state index contributed by atoms with van der Waals surface area (Å²) in [6.45, 7) is 0.907. The Morgan fingerprint density at radius 1 is 1.41 bits per heavy atom. The number of hydrogen-bond acceptors (Lipinski definition) is 2. The van der Waals surface area contributed by atoms with Gasteiger partial charge in [0.25, 0.3) is 0 Å². The van der Waals surface area contributed by atoms with Crippen molar-refractivity contribution < 1.29 is 0 Å². The number of nitriles is 1. The average Bonchev–Trinajstić information content (AvgIpc) is 2.80. The Kier molecular flexibility index (Phi) is 4.20. The zero-order valence-electron chi connectivity index (χ0n) is 10.1. The molecule has 0 spiro atoms. The van der Waals surface area contributed by atoms with Crippen LogP contribution in [0.1, 0.15) is 24.8 Å². The molecule has 0 radical (unpaired) electrons. The minimum atomic E-state index is 0.211. The van der Waals surface area contributed by atoms with Gasteiger partial charge in [-0.05, 0) is 31.5 Å². The van der Waals surface area contributed by atoms with Crippen LogP contribution in [0, 0.1) is 17.2 Å². The Balaban J connectivity index is 2.05.